The summed E-state index contributed by atoms with van der Waals surface area (Å²) in [5.74, 6) is -5.24. The van der Waals surface area contributed by atoms with E-state index in [0.717, 1.165) is 6.54 Å². The van der Waals surface area contributed by atoms with Gasteiger partial charge in [0.15, 0.2) is 0 Å². The third kappa shape index (κ3) is 2.76. The third-order valence-electron chi connectivity index (χ3n) is 3.65. The Kier molecular flexibility index (Phi) is 3.85. The number of nitrogens with zero attached hydrogens (tertiary/aromatic N) is 1. The number of hydrogen-bond acceptors (Lipinski definition) is 2. The van der Waals surface area contributed by atoms with Gasteiger partial charge in [-0.15, -0.1) is 0 Å². The smallest absolute Gasteiger partial charge is 0.336 e. The second-order valence-corrected chi connectivity index (χ2v) is 5.08. The fourth-order valence-electron chi connectivity index (χ4n) is 2.64. The highest BCUT2D eigenvalue weighted by molar-refractivity contribution is 5.89. The van der Waals surface area contributed by atoms with Gasteiger partial charge in [-0.2, -0.15) is 0 Å². The van der Waals surface area contributed by atoms with Crippen LogP contribution < -0.4 is 0 Å². The van der Waals surface area contributed by atoms with Crippen LogP contribution in [0.5, 0.6) is 0 Å². The lowest BCUT2D eigenvalue weighted by Crippen LogP contribution is -2.40. The Bertz CT molecular complexity index is 476. The first-order valence-electron chi connectivity index (χ1n) is 6.32. The van der Waals surface area contributed by atoms with Crippen LogP contribution in [-0.4, -0.2) is 36.1 Å². The maximum atomic E-state index is 14.5. The predicted octanol–water partition coefficient (Wildman–Crippen LogP) is 2.82. The Labute approximate surface area is 110 Å². The van der Waals surface area contributed by atoms with Crippen LogP contribution >= 0.6 is 0 Å². The van der Waals surface area contributed by atoms with Crippen LogP contribution in [0.2, 0.25) is 0 Å². The summed E-state index contributed by atoms with van der Waals surface area (Å²) in [6.07, 6.45) is 1.14. The van der Waals surface area contributed by atoms with Gasteiger partial charge in [0.2, 0.25) is 0 Å². The van der Waals surface area contributed by atoms with E-state index in [1.807, 2.05) is 11.9 Å². The van der Waals surface area contributed by atoms with Crippen LogP contribution in [0.25, 0.3) is 0 Å². The van der Waals surface area contributed by atoms with Crippen LogP contribution in [0, 0.1) is 5.92 Å². The number of halogens is 2. The van der Waals surface area contributed by atoms with E-state index in [1.165, 1.54) is 24.3 Å². The zero-order chi connectivity index (χ0) is 14.0. The summed E-state index contributed by atoms with van der Waals surface area (Å²) in [6.45, 7) is 1.11. The highest BCUT2D eigenvalue weighted by Gasteiger charge is 2.44. The first-order valence-corrected chi connectivity index (χ1v) is 6.32. The van der Waals surface area contributed by atoms with E-state index in [0.29, 0.717) is 19.4 Å². The van der Waals surface area contributed by atoms with Crippen molar-refractivity contribution in [3.8, 4) is 0 Å². The van der Waals surface area contributed by atoms with Crippen molar-refractivity contribution in [1.82, 2.24) is 4.90 Å². The minimum atomic E-state index is -3.11. The number of piperidine rings is 1. The topological polar surface area (TPSA) is 40.5 Å². The van der Waals surface area contributed by atoms with Gasteiger partial charge in [0.1, 0.15) is 0 Å². The molecular weight excluding hydrogens is 252 g/mol. The molecular formula is C14H17F2NO2. The lowest BCUT2D eigenvalue weighted by Gasteiger charge is -2.35. The first kappa shape index (κ1) is 13.9. The monoisotopic (exact) mass is 269 g/mol. The highest BCUT2D eigenvalue weighted by atomic mass is 19.3. The van der Waals surface area contributed by atoms with Crippen molar-refractivity contribution in [3.05, 3.63) is 35.4 Å². The summed E-state index contributed by atoms with van der Waals surface area (Å²) < 4.78 is 29.1. The molecule has 2 rings (SSSR count). The summed E-state index contributed by atoms with van der Waals surface area (Å²) in [5, 5.41) is 9.04. The van der Waals surface area contributed by atoms with E-state index >= 15 is 0 Å². The van der Waals surface area contributed by atoms with Crippen LogP contribution in [0.15, 0.2) is 24.3 Å². The zero-order valence-electron chi connectivity index (χ0n) is 10.8. The summed E-state index contributed by atoms with van der Waals surface area (Å²) in [5.41, 5.74) is -0.677. The van der Waals surface area contributed by atoms with Gasteiger partial charge in [0.25, 0.3) is 5.92 Å². The molecule has 1 fully saturated rings. The number of aromatic carboxylic acids is 1. The molecule has 0 bridgehead atoms. The Hall–Kier alpha value is -1.49. The molecule has 1 heterocycles. The number of carbonyl (C=O) groups is 1. The molecule has 1 unspecified atom stereocenters. The van der Waals surface area contributed by atoms with Crippen LogP contribution in [-0.2, 0) is 5.92 Å². The van der Waals surface area contributed by atoms with Gasteiger partial charge in [0.05, 0.1) is 5.56 Å². The molecule has 0 spiro atoms. The Balaban J connectivity index is 2.35. The first-order chi connectivity index (χ1) is 8.93. The fraction of sp³-hybridized carbons (Fsp3) is 0.500. The van der Waals surface area contributed by atoms with Crippen molar-refractivity contribution < 1.29 is 18.7 Å². The van der Waals surface area contributed by atoms with Gasteiger partial charge >= 0.3 is 5.97 Å². The SMILES string of the molecule is CN1CCCC(C(F)(F)c2ccccc2C(=O)O)C1. The summed E-state index contributed by atoms with van der Waals surface area (Å²) in [6, 6.07) is 5.38. The molecule has 0 aliphatic carbocycles. The molecule has 1 aliphatic rings. The standard InChI is InChI=1S/C14H17F2NO2/c1-17-8-4-5-10(9-17)14(15,16)12-7-3-2-6-11(12)13(18)19/h2-3,6-7,10H,4-5,8-9H2,1H3,(H,18,19). The Morgan fingerprint density at radius 2 is 2.11 bits per heavy atom. The summed E-state index contributed by atoms with van der Waals surface area (Å²) >= 11 is 0. The van der Waals surface area contributed by atoms with Gasteiger partial charge < -0.3 is 10.0 Å². The molecule has 1 saturated heterocycles. The molecule has 104 valence electrons. The van der Waals surface area contributed by atoms with Crippen LogP contribution in [0.4, 0.5) is 8.78 Å². The minimum absolute atomic E-state index is 0.293. The number of hydrogen-bond donors (Lipinski definition) is 1. The summed E-state index contributed by atoms with van der Waals surface area (Å²) in [4.78, 5) is 12.9. The van der Waals surface area contributed by atoms with Crippen molar-refractivity contribution in [1.29, 1.82) is 0 Å². The predicted molar refractivity (Wildman–Crippen MR) is 67.5 cm³/mol. The van der Waals surface area contributed by atoms with E-state index in [1.54, 1.807) is 0 Å². The van der Waals surface area contributed by atoms with E-state index < -0.39 is 17.8 Å². The normalized spacial score (nSPS) is 21.3. The van der Waals surface area contributed by atoms with Crippen molar-refractivity contribution in [2.45, 2.75) is 18.8 Å². The van der Waals surface area contributed by atoms with E-state index in [4.69, 9.17) is 5.11 Å². The maximum absolute atomic E-state index is 14.5. The van der Waals surface area contributed by atoms with Crippen molar-refractivity contribution >= 4 is 5.97 Å². The number of carboxylic acids is 1. The van der Waals surface area contributed by atoms with Crippen LogP contribution in [0.1, 0.15) is 28.8 Å². The van der Waals surface area contributed by atoms with Gasteiger partial charge in [-0.1, -0.05) is 18.2 Å². The maximum Gasteiger partial charge on any atom is 0.336 e. The lowest BCUT2D eigenvalue weighted by molar-refractivity contribution is -0.0869. The average molecular weight is 269 g/mol. The van der Waals surface area contributed by atoms with Crippen molar-refractivity contribution in [2.75, 3.05) is 20.1 Å². The fourth-order valence-corrected chi connectivity index (χ4v) is 2.64. The van der Waals surface area contributed by atoms with Gasteiger partial charge in [0, 0.05) is 18.0 Å². The summed E-state index contributed by atoms with van der Waals surface area (Å²) in [7, 11) is 1.81. The molecule has 0 radical (unpaired) electrons. The highest BCUT2D eigenvalue weighted by Crippen LogP contribution is 2.41. The molecule has 5 heteroatoms. The zero-order valence-corrected chi connectivity index (χ0v) is 10.8. The molecule has 0 amide bonds. The van der Waals surface area contributed by atoms with E-state index in [2.05, 4.69) is 0 Å². The van der Waals surface area contributed by atoms with Gasteiger partial charge in [-0.05, 0) is 32.5 Å². The quantitative estimate of drug-likeness (QED) is 0.917. The molecule has 1 N–H and O–H groups in total. The van der Waals surface area contributed by atoms with Gasteiger partial charge in [-0.25, -0.2) is 13.6 Å². The minimum Gasteiger partial charge on any atom is -0.478 e. The Morgan fingerprint density at radius 1 is 1.42 bits per heavy atom. The van der Waals surface area contributed by atoms with E-state index in [-0.39, 0.29) is 11.1 Å². The lowest BCUT2D eigenvalue weighted by atomic mass is 9.86. The number of benzene rings is 1. The number of rotatable bonds is 3. The molecule has 1 aliphatic heterocycles. The molecule has 19 heavy (non-hydrogen) atoms. The van der Waals surface area contributed by atoms with Crippen molar-refractivity contribution in [2.24, 2.45) is 5.92 Å². The second kappa shape index (κ2) is 5.25. The number of carboxylic acid groups (broad SMARTS) is 1. The molecule has 1 aromatic rings. The Morgan fingerprint density at radius 3 is 2.74 bits per heavy atom. The van der Waals surface area contributed by atoms with Crippen molar-refractivity contribution in [3.63, 3.8) is 0 Å². The average Bonchev–Trinajstić information content (AvgIpc) is 2.38. The van der Waals surface area contributed by atoms with Crippen LogP contribution in [0.3, 0.4) is 0 Å². The second-order valence-electron chi connectivity index (χ2n) is 5.08. The molecule has 1 atom stereocenters. The van der Waals surface area contributed by atoms with E-state index in [9.17, 15) is 13.6 Å². The molecule has 3 nitrogen and oxygen atoms in total. The third-order valence-corrected chi connectivity index (χ3v) is 3.65. The largest absolute Gasteiger partial charge is 0.478 e. The molecule has 1 aromatic carbocycles. The molecule has 0 aromatic heterocycles. The number of alkyl halides is 2. The molecule has 0 saturated carbocycles. The number of likely N-dealkylation sites (tertiary alicyclic amines) is 1. The van der Waals surface area contributed by atoms with Gasteiger partial charge in [-0.3, -0.25) is 0 Å².